The molecule has 7 nitrogen and oxygen atoms in total. The average Bonchev–Trinajstić information content (AvgIpc) is 3.27. The Bertz CT molecular complexity index is 1560. The topological polar surface area (TPSA) is 85.2 Å². The van der Waals surface area contributed by atoms with E-state index in [4.69, 9.17) is 10.00 Å². The smallest absolute Gasteiger partial charge is 0.267 e. The predicted octanol–water partition coefficient (Wildman–Crippen LogP) is 4.38. The highest BCUT2D eigenvalue weighted by Crippen LogP contribution is 2.24. The molecule has 0 saturated heterocycles. The van der Waals surface area contributed by atoms with Gasteiger partial charge >= 0.3 is 0 Å². The lowest BCUT2D eigenvalue weighted by Crippen LogP contribution is -2.22. The molecule has 162 valence electrons. The Morgan fingerprint density at radius 1 is 1.00 bits per heavy atom. The first kappa shape index (κ1) is 20.8. The van der Waals surface area contributed by atoms with Crippen molar-refractivity contribution in [3.63, 3.8) is 0 Å². The number of hydrogen-bond donors (Lipinski definition) is 0. The van der Waals surface area contributed by atoms with Crippen LogP contribution in [0.4, 0.5) is 0 Å². The molecule has 0 N–H and O–H groups in total. The number of nitriles is 1. The number of fused-ring (bicyclic) bond motifs is 3. The number of aromatic nitrogens is 4. The summed E-state index contributed by atoms with van der Waals surface area (Å²) in [5.74, 6) is 1.82. The zero-order valence-electron chi connectivity index (χ0n) is 17.8. The van der Waals surface area contributed by atoms with E-state index in [1.807, 2.05) is 59.9 Å². The SMILES string of the molecule is Cc1ccccc1-n1c(=O)c2ccccc2n2c(SCCOc3ccc(C#N)cc3)nnc12. The van der Waals surface area contributed by atoms with Crippen molar-refractivity contribution in [3.05, 3.63) is 94.3 Å². The molecule has 0 unspecified atom stereocenters. The van der Waals surface area contributed by atoms with E-state index in [1.165, 1.54) is 11.8 Å². The van der Waals surface area contributed by atoms with Crippen molar-refractivity contribution in [2.45, 2.75) is 12.1 Å². The van der Waals surface area contributed by atoms with E-state index in [0.29, 0.717) is 40.0 Å². The molecule has 0 aliphatic heterocycles. The number of hydrogen-bond acceptors (Lipinski definition) is 6. The van der Waals surface area contributed by atoms with Crippen LogP contribution in [-0.2, 0) is 0 Å². The van der Waals surface area contributed by atoms with E-state index in [-0.39, 0.29) is 5.56 Å². The molecule has 0 aliphatic rings. The minimum absolute atomic E-state index is 0.125. The second-order valence-electron chi connectivity index (χ2n) is 7.40. The first-order valence-corrected chi connectivity index (χ1v) is 11.4. The van der Waals surface area contributed by atoms with Gasteiger partial charge in [-0.25, -0.2) is 4.57 Å². The highest BCUT2D eigenvalue weighted by molar-refractivity contribution is 7.99. The molecule has 0 fully saturated rings. The largest absolute Gasteiger partial charge is 0.493 e. The van der Waals surface area contributed by atoms with Gasteiger partial charge in [-0.05, 0) is 55.0 Å². The predicted molar refractivity (Wildman–Crippen MR) is 128 cm³/mol. The van der Waals surface area contributed by atoms with Crippen molar-refractivity contribution >= 4 is 28.4 Å². The fourth-order valence-electron chi connectivity index (χ4n) is 3.72. The van der Waals surface area contributed by atoms with E-state index in [2.05, 4.69) is 16.3 Å². The Kier molecular flexibility index (Phi) is 5.55. The van der Waals surface area contributed by atoms with Crippen LogP contribution < -0.4 is 10.3 Å². The molecular weight excluding hydrogens is 434 g/mol. The van der Waals surface area contributed by atoms with Gasteiger partial charge in [-0.15, -0.1) is 10.2 Å². The van der Waals surface area contributed by atoms with E-state index in [1.54, 1.807) is 28.8 Å². The molecule has 0 aliphatic carbocycles. The summed E-state index contributed by atoms with van der Waals surface area (Å²) in [6.07, 6.45) is 0. The lowest BCUT2D eigenvalue weighted by molar-refractivity contribution is 0.344. The summed E-state index contributed by atoms with van der Waals surface area (Å²) in [5, 5.41) is 19.0. The molecule has 0 spiro atoms. The van der Waals surface area contributed by atoms with Crippen LogP contribution in [0, 0.1) is 18.3 Å². The van der Waals surface area contributed by atoms with Crippen LogP contribution in [0.3, 0.4) is 0 Å². The van der Waals surface area contributed by atoms with Gasteiger partial charge in [-0.1, -0.05) is 42.1 Å². The van der Waals surface area contributed by atoms with Gasteiger partial charge in [0.1, 0.15) is 5.75 Å². The zero-order chi connectivity index (χ0) is 22.8. The van der Waals surface area contributed by atoms with Gasteiger partial charge in [0.2, 0.25) is 5.78 Å². The highest BCUT2D eigenvalue weighted by atomic mass is 32.2. The summed E-state index contributed by atoms with van der Waals surface area (Å²) in [6.45, 7) is 2.43. The standard InChI is InChI=1S/C25H19N5O2S/c1-17-6-2-4-8-21(17)29-23(31)20-7-3-5-9-22(20)30-24(29)27-28-25(30)33-15-14-32-19-12-10-18(16-26)11-13-19/h2-13H,14-15H2,1H3. The molecule has 0 saturated carbocycles. The third kappa shape index (κ3) is 3.83. The number of rotatable bonds is 6. The van der Waals surface area contributed by atoms with Gasteiger partial charge in [-0.3, -0.25) is 9.20 Å². The maximum atomic E-state index is 13.4. The number of nitrogens with zero attached hydrogens (tertiary/aromatic N) is 5. The van der Waals surface area contributed by atoms with Crippen LogP contribution in [-0.4, -0.2) is 31.5 Å². The Morgan fingerprint density at radius 2 is 1.76 bits per heavy atom. The molecule has 0 bridgehead atoms. The van der Waals surface area contributed by atoms with Crippen LogP contribution in [0.5, 0.6) is 5.75 Å². The van der Waals surface area contributed by atoms with Crippen molar-refractivity contribution < 1.29 is 4.74 Å². The Balaban J connectivity index is 1.50. The third-order valence-corrected chi connectivity index (χ3v) is 6.21. The molecule has 2 aromatic heterocycles. The summed E-state index contributed by atoms with van der Waals surface area (Å²) >= 11 is 1.51. The molecule has 5 aromatic rings. The number of thioether (sulfide) groups is 1. The van der Waals surface area contributed by atoms with Crippen LogP contribution in [0.1, 0.15) is 11.1 Å². The van der Waals surface area contributed by atoms with Crippen molar-refractivity contribution in [2.24, 2.45) is 0 Å². The minimum Gasteiger partial charge on any atom is -0.493 e. The van der Waals surface area contributed by atoms with Crippen LogP contribution in [0.25, 0.3) is 22.4 Å². The maximum Gasteiger partial charge on any atom is 0.267 e. The van der Waals surface area contributed by atoms with Crippen LogP contribution in [0.15, 0.2) is 82.7 Å². The van der Waals surface area contributed by atoms with Crippen LogP contribution in [0.2, 0.25) is 0 Å². The molecule has 0 radical (unpaired) electrons. The highest BCUT2D eigenvalue weighted by Gasteiger charge is 2.18. The summed E-state index contributed by atoms with van der Waals surface area (Å²) in [6, 6.07) is 24.4. The lowest BCUT2D eigenvalue weighted by atomic mass is 10.2. The van der Waals surface area contributed by atoms with Crippen molar-refractivity contribution in [1.82, 2.24) is 19.2 Å². The van der Waals surface area contributed by atoms with E-state index >= 15 is 0 Å². The maximum absolute atomic E-state index is 13.4. The first-order chi connectivity index (χ1) is 16.2. The lowest BCUT2D eigenvalue weighted by Gasteiger charge is -2.13. The van der Waals surface area contributed by atoms with Crippen LogP contribution >= 0.6 is 11.8 Å². The minimum atomic E-state index is -0.125. The molecule has 2 heterocycles. The number of para-hydroxylation sites is 2. The van der Waals surface area contributed by atoms with Crippen molar-refractivity contribution in [2.75, 3.05) is 12.4 Å². The summed E-state index contributed by atoms with van der Waals surface area (Å²) < 4.78 is 9.34. The molecular formula is C25H19N5O2S. The van der Waals surface area contributed by atoms with Gasteiger partial charge in [0.25, 0.3) is 5.56 Å². The van der Waals surface area contributed by atoms with Gasteiger partial charge in [-0.2, -0.15) is 5.26 Å². The fraction of sp³-hybridized carbons (Fsp3) is 0.120. The number of aryl methyl sites for hydroxylation is 1. The third-order valence-electron chi connectivity index (χ3n) is 5.32. The quantitative estimate of drug-likeness (QED) is 0.280. The second kappa shape index (κ2) is 8.81. The van der Waals surface area contributed by atoms with E-state index in [0.717, 1.165) is 16.8 Å². The fourth-order valence-corrected chi connectivity index (χ4v) is 4.48. The summed E-state index contributed by atoms with van der Waals surface area (Å²) in [4.78, 5) is 13.4. The Hall–Kier alpha value is -4.09. The first-order valence-electron chi connectivity index (χ1n) is 10.4. The van der Waals surface area contributed by atoms with E-state index in [9.17, 15) is 4.79 Å². The second-order valence-corrected chi connectivity index (χ2v) is 8.46. The Morgan fingerprint density at radius 3 is 2.55 bits per heavy atom. The van der Waals surface area contributed by atoms with Gasteiger partial charge < -0.3 is 4.74 Å². The van der Waals surface area contributed by atoms with Crippen molar-refractivity contribution in [3.8, 4) is 17.5 Å². The summed E-state index contributed by atoms with van der Waals surface area (Å²) in [5.41, 5.74) is 3.00. The van der Waals surface area contributed by atoms with Gasteiger partial charge in [0.05, 0.1) is 34.8 Å². The molecule has 33 heavy (non-hydrogen) atoms. The van der Waals surface area contributed by atoms with E-state index < -0.39 is 0 Å². The monoisotopic (exact) mass is 453 g/mol. The van der Waals surface area contributed by atoms with Gasteiger partial charge in [0, 0.05) is 5.75 Å². The Labute approximate surface area is 193 Å². The normalized spacial score (nSPS) is 11.0. The van der Waals surface area contributed by atoms with Gasteiger partial charge in [0.15, 0.2) is 5.16 Å². The summed E-state index contributed by atoms with van der Waals surface area (Å²) in [7, 11) is 0. The molecule has 5 rings (SSSR count). The molecule has 8 heteroatoms. The van der Waals surface area contributed by atoms with Crippen molar-refractivity contribution in [1.29, 1.82) is 5.26 Å². The number of benzene rings is 3. The molecule has 3 aromatic carbocycles. The molecule has 0 amide bonds. The average molecular weight is 454 g/mol. The number of ether oxygens (including phenoxy) is 1. The zero-order valence-corrected chi connectivity index (χ0v) is 18.6. The molecule has 0 atom stereocenters.